The van der Waals surface area contributed by atoms with Crippen molar-refractivity contribution in [3.05, 3.63) is 59.7 Å². The molecule has 5 fully saturated rings. The third-order valence-electron chi connectivity index (χ3n) is 9.69. The van der Waals surface area contributed by atoms with Gasteiger partial charge in [0.25, 0.3) is 0 Å². The number of hydrogen-bond donors (Lipinski definition) is 0. The highest BCUT2D eigenvalue weighted by Gasteiger charge is 2.69. The second-order valence-electron chi connectivity index (χ2n) is 12.3. The summed E-state index contributed by atoms with van der Waals surface area (Å²) < 4.78 is 35.7. The molecule has 0 aromatic heterocycles. The highest BCUT2D eigenvalue weighted by molar-refractivity contribution is 6.06. The average Bonchev–Trinajstić information content (AvgIpc) is 3.35. The predicted molar refractivity (Wildman–Crippen MR) is 151 cm³/mol. The number of benzene rings is 2. The Morgan fingerprint density at radius 1 is 0.976 bits per heavy atom. The summed E-state index contributed by atoms with van der Waals surface area (Å²) in [6.45, 7) is 7.33. The molecule has 8 rings (SSSR count). The Morgan fingerprint density at radius 2 is 1.81 bits per heavy atom. The molecule has 5 aliphatic heterocycles. The summed E-state index contributed by atoms with van der Waals surface area (Å²) in [7, 11) is 0. The van der Waals surface area contributed by atoms with Gasteiger partial charge in [-0.15, -0.1) is 0 Å². The Morgan fingerprint density at radius 3 is 2.67 bits per heavy atom. The van der Waals surface area contributed by atoms with Crippen LogP contribution in [-0.4, -0.2) is 49.8 Å². The SMILES string of the molecule is C[C@H]1[C@@H](OCCOc2ccc(C(=O)/C=C/c3ccc4c(c3)OCO4)cc2)O[C@@H]2O[C@]3(C)CC[C@H]4[C@H](C)CC[C@@H]1[C@@]24OO3. The summed E-state index contributed by atoms with van der Waals surface area (Å²) in [5.41, 5.74) is 0.846. The second-order valence-corrected chi connectivity index (χ2v) is 12.3. The smallest absolute Gasteiger partial charge is 0.231 e. The average molecular weight is 579 g/mol. The quantitative estimate of drug-likeness (QED) is 0.164. The van der Waals surface area contributed by atoms with Crippen molar-refractivity contribution in [1.29, 1.82) is 0 Å². The van der Waals surface area contributed by atoms with Crippen molar-refractivity contribution >= 4 is 11.9 Å². The Bertz CT molecular complexity index is 1340. The maximum absolute atomic E-state index is 12.7. The first-order chi connectivity index (χ1) is 20.3. The fourth-order valence-electron chi connectivity index (χ4n) is 7.39. The van der Waals surface area contributed by atoms with Crippen LogP contribution in [0.2, 0.25) is 0 Å². The molecule has 0 amide bonds. The van der Waals surface area contributed by atoms with E-state index in [1.165, 1.54) is 0 Å². The number of carbonyl (C=O) groups is 1. The Kier molecular flexibility index (Phi) is 7.27. The van der Waals surface area contributed by atoms with E-state index in [2.05, 4.69) is 13.8 Å². The molecular weight excluding hydrogens is 540 g/mol. The number of ether oxygens (including phenoxy) is 6. The van der Waals surface area contributed by atoms with Crippen molar-refractivity contribution in [2.24, 2.45) is 23.7 Å². The number of rotatable bonds is 8. The molecule has 0 N–H and O–H groups in total. The van der Waals surface area contributed by atoms with Gasteiger partial charge >= 0.3 is 0 Å². The monoisotopic (exact) mass is 578 g/mol. The number of hydrogen-bond acceptors (Lipinski definition) is 9. The van der Waals surface area contributed by atoms with E-state index in [4.69, 9.17) is 38.2 Å². The van der Waals surface area contributed by atoms with E-state index >= 15 is 0 Å². The molecule has 0 unspecified atom stereocenters. The maximum Gasteiger partial charge on any atom is 0.231 e. The normalized spacial score (nSPS) is 36.5. The van der Waals surface area contributed by atoms with Gasteiger partial charge in [0.1, 0.15) is 12.4 Å². The van der Waals surface area contributed by atoms with E-state index < -0.39 is 24.0 Å². The third kappa shape index (κ3) is 4.91. The summed E-state index contributed by atoms with van der Waals surface area (Å²) in [5, 5.41) is 0. The van der Waals surface area contributed by atoms with Gasteiger partial charge in [-0.2, -0.15) is 0 Å². The van der Waals surface area contributed by atoms with Gasteiger partial charge in [-0.3, -0.25) is 4.79 Å². The minimum Gasteiger partial charge on any atom is -0.491 e. The lowest BCUT2D eigenvalue weighted by molar-refractivity contribution is -0.577. The van der Waals surface area contributed by atoms with Crippen LogP contribution in [0.15, 0.2) is 48.5 Å². The van der Waals surface area contributed by atoms with Gasteiger partial charge in [-0.1, -0.05) is 26.0 Å². The lowest BCUT2D eigenvalue weighted by Crippen LogP contribution is -2.70. The molecule has 9 heteroatoms. The van der Waals surface area contributed by atoms with Crippen molar-refractivity contribution < 1.29 is 43.0 Å². The zero-order valence-corrected chi connectivity index (χ0v) is 24.3. The Labute approximate surface area is 245 Å². The van der Waals surface area contributed by atoms with Gasteiger partial charge in [0.05, 0.1) is 6.61 Å². The zero-order chi connectivity index (χ0) is 28.9. The van der Waals surface area contributed by atoms with Gasteiger partial charge in [0.15, 0.2) is 35.5 Å². The van der Waals surface area contributed by atoms with Crippen LogP contribution in [0, 0.1) is 23.7 Å². The number of fused-ring (bicyclic) bond motifs is 3. The van der Waals surface area contributed by atoms with Crippen LogP contribution in [-0.2, 0) is 24.0 Å². The van der Waals surface area contributed by atoms with E-state index in [0.29, 0.717) is 47.9 Å². The third-order valence-corrected chi connectivity index (χ3v) is 9.69. The molecule has 1 aliphatic carbocycles. The van der Waals surface area contributed by atoms with Crippen molar-refractivity contribution in [3.63, 3.8) is 0 Å². The molecule has 5 heterocycles. The van der Waals surface area contributed by atoms with E-state index in [9.17, 15) is 4.79 Å². The van der Waals surface area contributed by atoms with Crippen molar-refractivity contribution in [2.45, 2.75) is 70.4 Å². The standard InChI is InChI=1S/C33H38O9/c1-20-4-11-26-21(2)30(39-31-33(26)25(20)14-15-32(3,40-31)41-42-33)36-17-16-35-24-9-7-23(8-10-24)27(34)12-5-22-6-13-28-29(18-22)38-19-37-28/h5-10,12-13,18,20-21,25-26,30-31H,4,11,14-17,19H2,1-3H3/b12-5+/t20-,21-,25+,26+,30+,31-,32+,33-/m1/s1. The fraction of sp³-hybridized carbons (Fsp3) is 0.545. The van der Waals surface area contributed by atoms with Crippen LogP contribution in [0.3, 0.4) is 0 Å². The molecule has 2 aromatic carbocycles. The highest BCUT2D eigenvalue weighted by atomic mass is 17.3. The maximum atomic E-state index is 12.7. The first-order valence-corrected chi connectivity index (χ1v) is 15.0. The molecule has 1 spiro atoms. The van der Waals surface area contributed by atoms with Crippen LogP contribution >= 0.6 is 0 Å². The summed E-state index contributed by atoms with van der Waals surface area (Å²) >= 11 is 0. The predicted octanol–water partition coefficient (Wildman–Crippen LogP) is 5.91. The highest BCUT2D eigenvalue weighted by Crippen LogP contribution is 2.60. The van der Waals surface area contributed by atoms with Gasteiger partial charge < -0.3 is 28.4 Å². The van der Waals surface area contributed by atoms with E-state index in [0.717, 1.165) is 31.2 Å². The molecule has 0 radical (unpaired) electrons. The number of ketones is 1. The fourth-order valence-corrected chi connectivity index (χ4v) is 7.39. The van der Waals surface area contributed by atoms with E-state index in [1.54, 1.807) is 36.4 Å². The lowest BCUT2D eigenvalue weighted by atomic mass is 9.58. The first-order valence-electron chi connectivity index (χ1n) is 15.0. The molecule has 42 heavy (non-hydrogen) atoms. The number of carbonyl (C=O) groups excluding carboxylic acids is 1. The molecule has 9 nitrogen and oxygen atoms in total. The van der Waals surface area contributed by atoms with Gasteiger partial charge in [0.2, 0.25) is 12.6 Å². The largest absolute Gasteiger partial charge is 0.491 e. The topological polar surface area (TPSA) is 90.9 Å². The molecule has 2 aromatic rings. The summed E-state index contributed by atoms with van der Waals surface area (Å²) in [6.07, 6.45) is 6.32. The summed E-state index contributed by atoms with van der Waals surface area (Å²) in [6, 6.07) is 12.7. The summed E-state index contributed by atoms with van der Waals surface area (Å²) in [4.78, 5) is 24.8. The van der Waals surface area contributed by atoms with Crippen LogP contribution in [0.5, 0.6) is 17.2 Å². The minimum absolute atomic E-state index is 0.0965. The molecule has 8 atom stereocenters. The molecule has 1 saturated carbocycles. The lowest BCUT2D eigenvalue weighted by Gasteiger charge is -2.60. The van der Waals surface area contributed by atoms with Crippen molar-refractivity contribution in [1.82, 2.24) is 0 Å². The van der Waals surface area contributed by atoms with E-state index in [-0.39, 0.29) is 24.4 Å². The molecule has 224 valence electrons. The van der Waals surface area contributed by atoms with Crippen LogP contribution in [0.4, 0.5) is 0 Å². The molecule has 4 saturated heterocycles. The van der Waals surface area contributed by atoms with Crippen LogP contribution in [0.1, 0.15) is 62.4 Å². The number of allylic oxidation sites excluding steroid dienone is 1. The van der Waals surface area contributed by atoms with Crippen LogP contribution in [0.25, 0.3) is 6.08 Å². The minimum atomic E-state index is -0.805. The van der Waals surface area contributed by atoms with Gasteiger partial charge in [0, 0.05) is 23.8 Å². The second kappa shape index (κ2) is 11.0. The van der Waals surface area contributed by atoms with E-state index in [1.807, 2.05) is 25.1 Å². The Balaban J connectivity index is 0.925. The van der Waals surface area contributed by atoms with Crippen molar-refractivity contribution in [2.75, 3.05) is 20.0 Å². The summed E-state index contributed by atoms with van der Waals surface area (Å²) in [5.74, 6) is 2.34. The molecule has 2 bridgehead atoms. The van der Waals surface area contributed by atoms with Gasteiger partial charge in [-0.05, 0) is 86.1 Å². The zero-order valence-electron chi connectivity index (χ0n) is 24.3. The van der Waals surface area contributed by atoms with Crippen molar-refractivity contribution in [3.8, 4) is 17.2 Å². The Hall–Kier alpha value is -2.95. The van der Waals surface area contributed by atoms with Gasteiger partial charge in [-0.25, -0.2) is 9.78 Å². The molecule has 6 aliphatic rings. The van der Waals surface area contributed by atoms with Crippen LogP contribution < -0.4 is 14.2 Å². The first kappa shape index (κ1) is 27.9. The molecular formula is C33H38O9.